The maximum atomic E-state index is 13.0. The van der Waals surface area contributed by atoms with Crippen molar-refractivity contribution in [3.05, 3.63) is 53.9 Å². The highest BCUT2D eigenvalue weighted by molar-refractivity contribution is 5.95. The van der Waals surface area contributed by atoms with Crippen molar-refractivity contribution >= 4 is 17.5 Å². The Morgan fingerprint density at radius 3 is 2.56 bits per heavy atom. The maximum absolute atomic E-state index is 13.0. The first-order valence-corrected chi connectivity index (χ1v) is 10.2. The van der Waals surface area contributed by atoms with E-state index < -0.39 is 23.6 Å². The number of primary amides is 1. The van der Waals surface area contributed by atoms with Gasteiger partial charge in [-0.15, -0.1) is 0 Å². The quantitative estimate of drug-likeness (QED) is 0.701. The first kappa shape index (κ1) is 23.6. The predicted octanol–water partition coefficient (Wildman–Crippen LogP) is 2.68. The second-order valence-electron chi connectivity index (χ2n) is 7.56. The zero-order chi connectivity index (χ0) is 23.1. The molecule has 2 aromatic rings. The van der Waals surface area contributed by atoms with E-state index in [1.807, 2.05) is 6.92 Å². The van der Waals surface area contributed by atoms with E-state index in [4.69, 9.17) is 19.9 Å². The second-order valence-corrected chi connectivity index (χ2v) is 7.56. The molecule has 1 aromatic carbocycles. The molecule has 0 saturated carbocycles. The Bertz CT molecular complexity index is 938. The van der Waals surface area contributed by atoms with Gasteiger partial charge in [-0.25, -0.2) is 9.37 Å². The van der Waals surface area contributed by atoms with Crippen LogP contribution in [0, 0.1) is 17.6 Å². The van der Waals surface area contributed by atoms with Gasteiger partial charge < -0.3 is 25.3 Å². The van der Waals surface area contributed by atoms with Gasteiger partial charge in [0.15, 0.2) is 11.6 Å². The van der Waals surface area contributed by atoms with Crippen LogP contribution in [0.3, 0.4) is 0 Å². The molecule has 172 valence electrons. The van der Waals surface area contributed by atoms with Crippen LogP contribution in [0.25, 0.3) is 0 Å². The summed E-state index contributed by atoms with van der Waals surface area (Å²) in [7, 11) is 0. The van der Waals surface area contributed by atoms with Crippen LogP contribution in [0.5, 0.6) is 5.75 Å². The molecule has 0 aliphatic carbocycles. The van der Waals surface area contributed by atoms with E-state index in [9.17, 15) is 18.4 Å². The molecule has 3 N–H and O–H groups in total. The van der Waals surface area contributed by atoms with Crippen LogP contribution >= 0.6 is 0 Å². The number of halogens is 2. The maximum Gasteiger partial charge on any atom is 0.267 e. The SMILES string of the molecule is CC1CCC(C(=O)Nc2ccc(C(N)=O)nc2)O1.Fc1cccc(OCC2COC2)c1F. The van der Waals surface area contributed by atoms with Crippen LogP contribution in [0.2, 0.25) is 0 Å². The summed E-state index contributed by atoms with van der Waals surface area (Å²) in [6.45, 7) is 3.59. The number of hydrogen-bond donors (Lipinski definition) is 2. The van der Waals surface area contributed by atoms with Crippen LogP contribution in [0.15, 0.2) is 36.5 Å². The Hall–Kier alpha value is -3.11. The molecule has 2 aliphatic rings. The first-order valence-electron chi connectivity index (χ1n) is 10.2. The Labute approximate surface area is 184 Å². The number of benzene rings is 1. The van der Waals surface area contributed by atoms with Crippen LogP contribution in [0.4, 0.5) is 14.5 Å². The van der Waals surface area contributed by atoms with Gasteiger partial charge >= 0.3 is 0 Å². The average molecular weight is 449 g/mol. The third kappa shape index (κ3) is 6.44. The van der Waals surface area contributed by atoms with Crippen LogP contribution in [-0.2, 0) is 14.3 Å². The van der Waals surface area contributed by atoms with Gasteiger partial charge in [-0.2, -0.15) is 4.39 Å². The van der Waals surface area contributed by atoms with Crippen molar-refractivity contribution in [2.75, 3.05) is 25.1 Å². The molecular weight excluding hydrogens is 424 g/mol. The molecule has 2 saturated heterocycles. The molecule has 4 rings (SSSR count). The molecule has 2 amide bonds. The minimum Gasteiger partial charge on any atom is -0.490 e. The number of nitrogens with one attached hydrogen (secondary N) is 1. The van der Waals surface area contributed by atoms with Crippen molar-refractivity contribution in [2.45, 2.75) is 32.0 Å². The van der Waals surface area contributed by atoms with E-state index in [2.05, 4.69) is 10.3 Å². The van der Waals surface area contributed by atoms with Crippen molar-refractivity contribution < 1.29 is 32.6 Å². The number of pyridine rings is 1. The Kier molecular flexibility index (Phi) is 8.07. The fourth-order valence-corrected chi connectivity index (χ4v) is 3.02. The van der Waals surface area contributed by atoms with Gasteiger partial charge in [-0.1, -0.05) is 6.07 Å². The molecule has 10 heteroatoms. The summed E-state index contributed by atoms with van der Waals surface area (Å²) in [4.78, 5) is 26.5. The number of carbonyl (C=O) groups excluding carboxylic acids is 2. The zero-order valence-corrected chi connectivity index (χ0v) is 17.6. The number of nitrogens with two attached hydrogens (primary N) is 1. The van der Waals surface area contributed by atoms with Crippen molar-refractivity contribution in [3.8, 4) is 5.75 Å². The molecule has 2 unspecified atom stereocenters. The van der Waals surface area contributed by atoms with Gasteiger partial charge in [0.25, 0.3) is 11.8 Å². The average Bonchev–Trinajstić information content (AvgIpc) is 3.17. The summed E-state index contributed by atoms with van der Waals surface area (Å²) in [6, 6.07) is 6.96. The largest absolute Gasteiger partial charge is 0.490 e. The lowest BCUT2D eigenvalue weighted by atomic mass is 10.1. The highest BCUT2D eigenvalue weighted by Gasteiger charge is 2.28. The lowest BCUT2D eigenvalue weighted by Crippen LogP contribution is -2.32. The number of carbonyl (C=O) groups is 2. The highest BCUT2D eigenvalue weighted by Crippen LogP contribution is 2.21. The summed E-state index contributed by atoms with van der Waals surface area (Å²) in [5.41, 5.74) is 5.76. The van der Waals surface area contributed by atoms with Gasteiger partial charge in [0.2, 0.25) is 5.82 Å². The number of hydrogen-bond acceptors (Lipinski definition) is 6. The van der Waals surface area contributed by atoms with Crippen molar-refractivity contribution in [2.24, 2.45) is 11.7 Å². The van der Waals surface area contributed by atoms with Gasteiger partial charge in [0.05, 0.1) is 37.8 Å². The monoisotopic (exact) mass is 449 g/mol. The molecule has 8 nitrogen and oxygen atoms in total. The molecule has 32 heavy (non-hydrogen) atoms. The molecule has 1 aromatic heterocycles. The third-order valence-electron chi connectivity index (χ3n) is 4.91. The van der Waals surface area contributed by atoms with E-state index in [1.54, 1.807) is 6.07 Å². The van der Waals surface area contributed by atoms with Crippen LogP contribution < -0.4 is 15.8 Å². The fraction of sp³-hybridized carbons (Fsp3) is 0.409. The topological polar surface area (TPSA) is 113 Å². The van der Waals surface area contributed by atoms with Crippen LogP contribution in [-0.4, -0.2) is 48.8 Å². The summed E-state index contributed by atoms with van der Waals surface area (Å²) in [5, 5.41) is 2.69. The van der Waals surface area contributed by atoms with E-state index in [1.165, 1.54) is 24.4 Å². The number of anilines is 1. The highest BCUT2D eigenvalue weighted by atomic mass is 19.2. The van der Waals surface area contributed by atoms with Crippen LogP contribution in [0.1, 0.15) is 30.3 Å². The zero-order valence-electron chi connectivity index (χ0n) is 17.6. The van der Waals surface area contributed by atoms with E-state index >= 15 is 0 Å². The Balaban J connectivity index is 0.000000186. The Morgan fingerprint density at radius 2 is 2.00 bits per heavy atom. The molecule has 2 aliphatic heterocycles. The molecule has 2 fully saturated rings. The minimum atomic E-state index is -0.923. The Morgan fingerprint density at radius 1 is 1.22 bits per heavy atom. The summed E-state index contributed by atoms with van der Waals surface area (Å²) in [6.07, 6.45) is 2.72. The molecule has 2 atom stereocenters. The lowest BCUT2D eigenvalue weighted by Gasteiger charge is -2.25. The normalized spacial score (nSPS) is 20.0. The fourth-order valence-electron chi connectivity index (χ4n) is 3.02. The van der Waals surface area contributed by atoms with Gasteiger partial charge in [-0.3, -0.25) is 9.59 Å². The van der Waals surface area contributed by atoms with E-state index in [0.717, 1.165) is 18.9 Å². The molecule has 0 radical (unpaired) electrons. The summed E-state index contributed by atoms with van der Waals surface area (Å²) >= 11 is 0. The third-order valence-corrected chi connectivity index (χ3v) is 4.91. The number of rotatable bonds is 6. The number of nitrogens with zero attached hydrogens (tertiary/aromatic N) is 1. The van der Waals surface area contributed by atoms with Crippen molar-refractivity contribution in [1.82, 2.24) is 4.98 Å². The van der Waals surface area contributed by atoms with Gasteiger partial charge in [0, 0.05) is 5.92 Å². The molecule has 0 bridgehead atoms. The minimum absolute atomic E-state index is 0.0306. The summed E-state index contributed by atoms with van der Waals surface area (Å²) in [5.74, 6) is -2.32. The van der Waals surface area contributed by atoms with E-state index in [0.29, 0.717) is 31.4 Å². The molecule has 3 heterocycles. The smallest absolute Gasteiger partial charge is 0.267 e. The van der Waals surface area contributed by atoms with Gasteiger partial charge in [0.1, 0.15) is 11.8 Å². The predicted molar refractivity (Wildman–Crippen MR) is 111 cm³/mol. The number of ether oxygens (including phenoxy) is 3. The molecule has 0 spiro atoms. The van der Waals surface area contributed by atoms with Gasteiger partial charge in [-0.05, 0) is 44.0 Å². The standard InChI is InChI=1S/C12H15N3O3.C10H10F2O2/c1-7-2-5-10(18-7)12(17)15-8-3-4-9(11(13)16)14-6-8;11-8-2-1-3-9(10(8)12)14-6-7-4-13-5-7/h3-4,6-7,10H,2,5H2,1H3,(H2,13,16)(H,15,17);1-3,7H,4-6H2. The van der Waals surface area contributed by atoms with Crippen molar-refractivity contribution in [3.63, 3.8) is 0 Å². The number of aromatic nitrogens is 1. The first-order chi connectivity index (χ1) is 15.3. The summed E-state index contributed by atoms with van der Waals surface area (Å²) < 4.78 is 41.3. The van der Waals surface area contributed by atoms with Crippen molar-refractivity contribution in [1.29, 1.82) is 0 Å². The molecular formula is C22H25F2N3O5. The lowest BCUT2D eigenvalue weighted by molar-refractivity contribution is -0.126. The van der Waals surface area contributed by atoms with E-state index in [-0.39, 0.29) is 23.5 Å². The number of amides is 2. The second kappa shape index (κ2) is 11.0.